The van der Waals surface area contributed by atoms with Gasteiger partial charge in [-0.25, -0.2) is 8.42 Å². The van der Waals surface area contributed by atoms with Crippen molar-refractivity contribution in [2.45, 2.75) is 4.90 Å². The van der Waals surface area contributed by atoms with E-state index in [9.17, 15) is 8.42 Å². The molecule has 16 heavy (non-hydrogen) atoms. The first-order valence-corrected chi connectivity index (χ1v) is 6.90. The molecule has 1 aromatic carbocycles. The normalized spacial score (nSPS) is 10.8. The van der Waals surface area contributed by atoms with E-state index in [4.69, 9.17) is 12.2 Å². The highest BCUT2D eigenvalue weighted by Crippen LogP contribution is 2.15. The van der Waals surface area contributed by atoms with E-state index in [2.05, 4.69) is 24.5 Å². The molecule has 0 amide bonds. The summed E-state index contributed by atoms with van der Waals surface area (Å²) in [6.45, 7) is 3.41. The molecule has 0 radical (unpaired) electrons. The third-order valence-electron chi connectivity index (χ3n) is 1.80. The van der Waals surface area contributed by atoms with Crippen LogP contribution in [-0.4, -0.2) is 18.5 Å². The lowest BCUT2D eigenvalue weighted by Crippen LogP contribution is -2.05. The molecule has 0 aliphatic heterocycles. The first-order chi connectivity index (χ1) is 7.45. The molecule has 0 heterocycles. The highest BCUT2D eigenvalue weighted by atomic mass is 32.2. The molecule has 0 saturated carbocycles. The Morgan fingerprint density at radius 2 is 2.00 bits per heavy atom. The predicted molar refractivity (Wildman–Crippen MR) is 73.9 cm³/mol. The number of rotatable bonds is 4. The van der Waals surface area contributed by atoms with E-state index in [0.29, 0.717) is 10.0 Å². The third kappa shape index (κ3) is 3.62. The quantitative estimate of drug-likeness (QED) is 0.502. The fraction of sp³-hybridized carbons (Fsp3) is 0.100. The summed E-state index contributed by atoms with van der Waals surface area (Å²) in [6.07, 6.45) is 1.37. The first kappa shape index (κ1) is 13.2. The minimum absolute atomic E-state index is 0.0647. The van der Waals surface area contributed by atoms with Gasteiger partial charge in [-0.2, -0.15) is 0 Å². The Morgan fingerprint density at radius 3 is 2.44 bits per heavy atom. The summed E-state index contributed by atoms with van der Waals surface area (Å²) in [6, 6.07) is 6.32. The number of anilines is 1. The summed E-state index contributed by atoms with van der Waals surface area (Å²) >= 11 is 8.66. The Kier molecular flexibility index (Phi) is 4.52. The molecular formula is C10H11NO2S3. The second-order valence-electron chi connectivity index (χ2n) is 3.02. The van der Waals surface area contributed by atoms with E-state index in [1.54, 1.807) is 12.1 Å². The largest absolute Gasteiger partial charge is 0.341 e. The van der Waals surface area contributed by atoms with Crippen LogP contribution >= 0.6 is 24.8 Å². The molecule has 1 N–H and O–H groups in total. The fourth-order valence-corrected chi connectivity index (χ4v) is 2.42. The summed E-state index contributed by atoms with van der Waals surface area (Å²) in [4.78, 5) is 0.267. The summed E-state index contributed by atoms with van der Waals surface area (Å²) in [5.41, 5.74) is 0.706. The van der Waals surface area contributed by atoms with Crippen molar-refractivity contribution >= 4 is 44.7 Å². The maximum atomic E-state index is 11.6. The molecule has 0 aliphatic rings. The second kappa shape index (κ2) is 5.47. The van der Waals surface area contributed by atoms with Crippen LogP contribution < -0.4 is 5.32 Å². The van der Waals surface area contributed by atoms with Gasteiger partial charge in [-0.3, -0.25) is 0 Å². The van der Waals surface area contributed by atoms with Gasteiger partial charge in [-0.05, 0) is 24.3 Å². The predicted octanol–water partition coefficient (Wildman–Crippen LogP) is 2.27. The summed E-state index contributed by atoms with van der Waals surface area (Å²) in [7, 11) is -3.25. The van der Waals surface area contributed by atoms with Crippen LogP contribution in [0.25, 0.3) is 0 Å². The topological polar surface area (TPSA) is 46.2 Å². The van der Waals surface area contributed by atoms with Gasteiger partial charge in [-0.15, -0.1) is 19.2 Å². The van der Waals surface area contributed by atoms with Crippen molar-refractivity contribution in [2.75, 3.05) is 11.1 Å². The molecule has 0 atom stereocenters. The molecule has 0 fully saturated rings. The molecule has 0 saturated heterocycles. The van der Waals surface area contributed by atoms with Crippen LogP contribution in [0, 0.1) is 0 Å². The van der Waals surface area contributed by atoms with E-state index in [1.807, 2.05) is 0 Å². The number of hydrogen-bond acceptors (Lipinski definition) is 3. The highest BCUT2D eigenvalue weighted by Gasteiger charge is 2.11. The molecule has 3 nitrogen and oxygen atoms in total. The van der Waals surface area contributed by atoms with E-state index in [1.165, 1.54) is 18.2 Å². The Hall–Kier alpha value is -0.850. The van der Waals surface area contributed by atoms with Crippen LogP contribution in [0.4, 0.5) is 5.69 Å². The number of sulfone groups is 1. The SMILES string of the molecule is C=CCS(=O)(=O)c1ccc(NC(=S)S)cc1. The van der Waals surface area contributed by atoms with Crippen molar-refractivity contribution in [3.63, 3.8) is 0 Å². The smallest absolute Gasteiger partial charge is 0.181 e. The van der Waals surface area contributed by atoms with Crippen LogP contribution in [-0.2, 0) is 9.84 Å². The number of thiocarbonyl (C=S) groups is 1. The van der Waals surface area contributed by atoms with Crippen LogP contribution in [0.15, 0.2) is 41.8 Å². The van der Waals surface area contributed by atoms with E-state index in [0.717, 1.165) is 0 Å². The summed E-state index contributed by atoms with van der Waals surface area (Å²) < 4.78 is 23.6. The van der Waals surface area contributed by atoms with Gasteiger partial charge >= 0.3 is 0 Å². The molecule has 1 rings (SSSR count). The molecule has 0 spiro atoms. The number of thiol groups is 1. The van der Waals surface area contributed by atoms with Crippen molar-refractivity contribution in [1.29, 1.82) is 0 Å². The Bertz CT molecular complexity index is 491. The van der Waals surface area contributed by atoms with Crippen molar-refractivity contribution in [3.05, 3.63) is 36.9 Å². The monoisotopic (exact) mass is 273 g/mol. The Morgan fingerprint density at radius 1 is 1.44 bits per heavy atom. The maximum Gasteiger partial charge on any atom is 0.181 e. The van der Waals surface area contributed by atoms with Crippen molar-refractivity contribution < 1.29 is 8.42 Å². The Balaban J connectivity index is 2.95. The third-order valence-corrected chi connectivity index (χ3v) is 3.68. The lowest BCUT2D eigenvalue weighted by atomic mass is 10.3. The van der Waals surface area contributed by atoms with Gasteiger partial charge in [-0.1, -0.05) is 18.3 Å². The van der Waals surface area contributed by atoms with Gasteiger partial charge in [0.25, 0.3) is 0 Å². The van der Waals surface area contributed by atoms with E-state index in [-0.39, 0.29) is 10.6 Å². The molecule has 0 aliphatic carbocycles. The molecule has 0 bridgehead atoms. The van der Waals surface area contributed by atoms with Crippen molar-refractivity contribution in [1.82, 2.24) is 0 Å². The summed E-state index contributed by atoms with van der Waals surface area (Å²) in [5, 5.41) is 2.80. The first-order valence-electron chi connectivity index (χ1n) is 4.39. The van der Waals surface area contributed by atoms with Gasteiger partial charge in [0.2, 0.25) is 0 Å². The number of hydrogen-bond donors (Lipinski definition) is 2. The van der Waals surface area contributed by atoms with Crippen LogP contribution in [0.2, 0.25) is 0 Å². The van der Waals surface area contributed by atoms with Gasteiger partial charge < -0.3 is 5.32 Å². The minimum atomic E-state index is -3.25. The Labute approximate surface area is 106 Å². The lowest BCUT2D eigenvalue weighted by molar-refractivity contribution is 0.599. The average molecular weight is 273 g/mol. The van der Waals surface area contributed by atoms with E-state index < -0.39 is 9.84 Å². The fourth-order valence-electron chi connectivity index (χ4n) is 1.12. The van der Waals surface area contributed by atoms with Crippen molar-refractivity contribution in [2.24, 2.45) is 0 Å². The van der Waals surface area contributed by atoms with Gasteiger partial charge in [0.05, 0.1) is 10.6 Å². The summed E-state index contributed by atoms with van der Waals surface area (Å²) in [5.74, 6) is -0.0647. The van der Waals surface area contributed by atoms with Crippen LogP contribution in [0.5, 0.6) is 0 Å². The highest BCUT2D eigenvalue weighted by molar-refractivity contribution is 8.11. The van der Waals surface area contributed by atoms with Gasteiger partial charge in [0.15, 0.2) is 9.84 Å². The molecule has 1 aromatic rings. The van der Waals surface area contributed by atoms with Gasteiger partial charge in [0, 0.05) is 5.69 Å². The van der Waals surface area contributed by atoms with Crippen LogP contribution in [0.3, 0.4) is 0 Å². The van der Waals surface area contributed by atoms with Gasteiger partial charge in [0.1, 0.15) is 4.32 Å². The maximum absolute atomic E-state index is 11.6. The zero-order valence-corrected chi connectivity index (χ0v) is 10.9. The second-order valence-corrected chi connectivity index (χ2v) is 6.22. The minimum Gasteiger partial charge on any atom is -0.341 e. The zero-order valence-electron chi connectivity index (χ0n) is 8.38. The zero-order chi connectivity index (χ0) is 12.2. The molecular weight excluding hydrogens is 262 g/mol. The lowest BCUT2D eigenvalue weighted by Gasteiger charge is -2.05. The molecule has 86 valence electrons. The number of benzene rings is 1. The van der Waals surface area contributed by atoms with E-state index >= 15 is 0 Å². The number of nitrogens with one attached hydrogen (secondary N) is 1. The molecule has 6 heteroatoms. The average Bonchev–Trinajstić information content (AvgIpc) is 2.17. The molecule has 0 unspecified atom stereocenters. The molecule has 0 aromatic heterocycles. The van der Waals surface area contributed by atoms with Crippen molar-refractivity contribution in [3.8, 4) is 0 Å². The van der Waals surface area contributed by atoms with Crippen LogP contribution in [0.1, 0.15) is 0 Å². The standard InChI is InChI=1S/C10H11NO2S3/c1-2-7-16(12,13)9-5-3-8(4-6-9)11-10(14)15/h2-6H,1,7H2,(H2,11,14,15).